The maximum absolute atomic E-state index is 10.7. The van der Waals surface area contributed by atoms with Crippen LogP contribution in [-0.2, 0) is 27.1 Å². The summed E-state index contributed by atoms with van der Waals surface area (Å²) in [7, 11) is -3.36. The third kappa shape index (κ3) is 8.95. The van der Waals surface area contributed by atoms with Gasteiger partial charge in [0.15, 0.2) is 0 Å². The number of hydrogen-bond donors (Lipinski definition) is 1. The molecule has 0 fully saturated rings. The molecular weight excluding hydrogens is 352 g/mol. The molecule has 2 aromatic carbocycles. The highest BCUT2D eigenvalue weighted by Crippen LogP contribution is 2.05. The van der Waals surface area contributed by atoms with E-state index >= 15 is 0 Å². The number of hydrogen-bond acceptors (Lipinski definition) is 6. The lowest BCUT2D eigenvalue weighted by Crippen LogP contribution is -2.06. The van der Waals surface area contributed by atoms with Gasteiger partial charge in [-0.1, -0.05) is 24.3 Å². The Morgan fingerprint density at radius 3 is 1.65 bits per heavy atom. The molecule has 0 radical (unpaired) electrons. The molecule has 0 spiro atoms. The smallest absolute Gasteiger partial charge is 0.264 e. The molecule has 0 heterocycles. The van der Waals surface area contributed by atoms with E-state index in [0.29, 0.717) is 24.0 Å². The molecule has 26 heavy (non-hydrogen) atoms. The molecule has 0 aromatic heterocycles. The van der Waals surface area contributed by atoms with Crippen LogP contribution in [0.1, 0.15) is 22.3 Å². The maximum Gasteiger partial charge on any atom is 0.264 e. The lowest BCUT2D eigenvalue weighted by molar-refractivity contribution is 0.299. The van der Waals surface area contributed by atoms with Gasteiger partial charge in [-0.15, -0.1) is 0 Å². The topological polar surface area (TPSA) is 111 Å². The SMILES string of the molecule is CS(=O)(=O)OCCc1ccc(C#N)cc1.N#Cc1ccc(CCO)cc1. The number of benzene rings is 2. The van der Waals surface area contributed by atoms with E-state index < -0.39 is 10.1 Å². The molecule has 6 nitrogen and oxygen atoms in total. The van der Waals surface area contributed by atoms with Crippen molar-refractivity contribution in [1.82, 2.24) is 0 Å². The second-order valence-electron chi connectivity index (χ2n) is 5.37. The van der Waals surface area contributed by atoms with Crippen molar-refractivity contribution in [1.29, 1.82) is 10.5 Å². The Balaban J connectivity index is 0.000000273. The van der Waals surface area contributed by atoms with Crippen LogP contribution in [0.5, 0.6) is 0 Å². The number of rotatable bonds is 6. The van der Waals surface area contributed by atoms with Crippen LogP contribution >= 0.6 is 0 Å². The average molecular weight is 372 g/mol. The molecule has 0 aliphatic carbocycles. The van der Waals surface area contributed by atoms with Gasteiger partial charge < -0.3 is 5.11 Å². The Morgan fingerprint density at radius 1 is 0.885 bits per heavy atom. The molecule has 0 saturated heterocycles. The summed E-state index contributed by atoms with van der Waals surface area (Å²) in [6, 6.07) is 18.2. The van der Waals surface area contributed by atoms with Gasteiger partial charge in [-0.05, 0) is 48.2 Å². The van der Waals surface area contributed by atoms with E-state index in [1.807, 2.05) is 24.3 Å². The first kappa shape index (κ1) is 21.3. The predicted molar refractivity (Wildman–Crippen MR) is 97.6 cm³/mol. The Bertz CT molecular complexity index is 862. The van der Waals surface area contributed by atoms with Gasteiger partial charge in [0.05, 0.1) is 36.1 Å². The van der Waals surface area contributed by atoms with Gasteiger partial charge in [0.1, 0.15) is 0 Å². The highest BCUT2D eigenvalue weighted by molar-refractivity contribution is 7.85. The fourth-order valence-electron chi connectivity index (χ4n) is 1.93. The van der Waals surface area contributed by atoms with Crippen LogP contribution in [0.2, 0.25) is 0 Å². The summed E-state index contributed by atoms with van der Waals surface area (Å²) in [6.07, 6.45) is 2.19. The molecule has 0 atom stereocenters. The van der Waals surface area contributed by atoms with Crippen molar-refractivity contribution >= 4 is 10.1 Å². The first-order valence-corrected chi connectivity index (χ1v) is 9.63. The third-order valence-corrected chi connectivity index (χ3v) is 3.85. The van der Waals surface area contributed by atoms with E-state index in [1.165, 1.54) is 0 Å². The molecule has 0 amide bonds. The molecule has 7 heteroatoms. The third-order valence-electron chi connectivity index (χ3n) is 3.25. The molecule has 2 rings (SSSR count). The van der Waals surface area contributed by atoms with E-state index in [9.17, 15) is 8.42 Å². The van der Waals surface area contributed by atoms with E-state index in [2.05, 4.69) is 4.18 Å². The predicted octanol–water partition coefficient (Wildman–Crippen LogP) is 2.17. The summed E-state index contributed by atoms with van der Waals surface area (Å²) in [5, 5.41) is 25.6. The van der Waals surface area contributed by atoms with Crippen molar-refractivity contribution in [2.45, 2.75) is 12.8 Å². The van der Waals surface area contributed by atoms with Crippen molar-refractivity contribution in [3.63, 3.8) is 0 Å². The van der Waals surface area contributed by atoms with Crippen LogP contribution in [0.15, 0.2) is 48.5 Å². The Labute approximate surface area is 154 Å². The molecule has 136 valence electrons. The molecular formula is C19H20N2O4S. The fourth-order valence-corrected chi connectivity index (χ4v) is 2.32. The van der Waals surface area contributed by atoms with Gasteiger partial charge in [-0.25, -0.2) is 0 Å². The molecule has 0 unspecified atom stereocenters. The average Bonchev–Trinajstić information content (AvgIpc) is 2.63. The van der Waals surface area contributed by atoms with Gasteiger partial charge in [0, 0.05) is 6.61 Å². The van der Waals surface area contributed by atoms with Crippen LogP contribution < -0.4 is 0 Å². The molecule has 0 aliphatic rings. The summed E-state index contributed by atoms with van der Waals surface area (Å²) in [5.74, 6) is 0. The molecule has 0 bridgehead atoms. The zero-order chi connectivity index (χ0) is 19.4. The van der Waals surface area contributed by atoms with Gasteiger partial charge >= 0.3 is 0 Å². The van der Waals surface area contributed by atoms with Crippen LogP contribution in [0.3, 0.4) is 0 Å². The standard InChI is InChI=1S/C10H11NO3S.C9H9NO/c1-15(12,13)14-7-6-9-2-4-10(8-11)5-3-9;10-7-9-3-1-8(2-4-9)5-6-11/h2-5H,6-7H2,1H3;1-4,11H,5-6H2. The Kier molecular flexibility index (Phi) is 9.04. The molecule has 2 aromatic rings. The minimum absolute atomic E-state index is 0.130. The van der Waals surface area contributed by atoms with Gasteiger partial charge in [-0.2, -0.15) is 18.9 Å². The van der Waals surface area contributed by atoms with Crippen LogP contribution in [0, 0.1) is 22.7 Å². The molecule has 1 N–H and O–H groups in total. The number of aliphatic hydroxyl groups is 1. The second kappa shape index (κ2) is 11.0. The number of nitrogens with zero attached hydrogens (tertiary/aromatic N) is 2. The van der Waals surface area contributed by atoms with E-state index in [0.717, 1.165) is 17.4 Å². The zero-order valence-electron chi connectivity index (χ0n) is 14.4. The summed E-state index contributed by atoms with van der Waals surface area (Å²) in [5.41, 5.74) is 3.25. The second-order valence-corrected chi connectivity index (χ2v) is 7.01. The molecule has 0 saturated carbocycles. The van der Waals surface area contributed by atoms with E-state index in [4.69, 9.17) is 15.6 Å². The van der Waals surface area contributed by atoms with Crippen molar-refractivity contribution in [2.24, 2.45) is 0 Å². The van der Waals surface area contributed by atoms with Crippen molar-refractivity contribution in [3.05, 3.63) is 70.8 Å². The van der Waals surface area contributed by atoms with E-state index in [-0.39, 0.29) is 13.2 Å². The minimum atomic E-state index is -3.36. The lowest BCUT2D eigenvalue weighted by atomic mass is 10.1. The van der Waals surface area contributed by atoms with E-state index in [1.54, 1.807) is 36.4 Å². The number of aliphatic hydroxyl groups excluding tert-OH is 1. The normalized spacial score (nSPS) is 10.2. The highest BCUT2D eigenvalue weighted by atomic mass is 32.2. The largest absolute Gasteiger partial charge is 0.396 e. The minimum Gasteiger partial charge on any atom is -0.396 e. The van der Waals surface area contributed by atoms with Crippen LogP contribution in [0.25, 0.3) is 0 Å². The monoisotopic (exact) mass is 372 g/mol. The van der Waals surface area contributed by atoms with Gasteiger partial charge in [0.2, 0.25) is 0 Å². The number of nitriles is 2. The van der Waals surface area contributed by atoms with Crippen LogP contribution in [-0.4, -0.2) is 33.0 Å². The van der Waals surface area contributed by atoms with Crippen LogP contribution in [0.4, 0.5) is 0 Å². The van der Waals surface area contributed by atoms with Gasteiger partial charge in [0.25, 0.3) is 10.1 Å². The zero-order valence-corrected chi connectivity index (χ0v) is 15.2. The van der Waals surface area contributed by atoms with Crippen molar-refractivity contribution in [2.75, 3.05) is 19.5 Å². The first-order valence-electron chi connectivity index (χ1n) is 7.81. The molecule has 0 aliphatic heterocycles. The Hall–Kier alpha value is -2.71. The summed E-state index contributed by atoms with van der Waals surface area (Å²) >= 11 is 0. The Morgan fingerprint density at radius 2 is 1.31 bits per heavy atom. The summed E-state index contributed by atoms with van der Waals surface area (Å²) in [4.78, 5) is 0. The maximum atomic E-state index is 10.7. The quantitative estimate of drug-likeness (QED) is 0.778. The lowest BCUT2D eigenvalue weighted by Gasteiger charge is -2.01. The summed E-state index contributed by atoms with van der Waals surface area (Å²) < 4.78 is 25.9. The fraction of sp³-hybridized carbons (Fsp3) is 0.263. The van der Waals surface area contributed by atoms with Crippen molar-refractivity contribution in [3.8, 4) is 12.1 Å². The highest BCUT2D eigenvalue weighted by Gasteiger charge is 2.01. The van der Waals surface area contributed by atoms with Crippen molar-refractivity contribution < 1.29 is 17.7 Å². The first-order chi connectivity index (χ1) is 12.4. The van der Waals surface area contributed by atoms with Gasteiger partial charge in [-0.3, -0.25) is 4.18 Å². The summed E-state index contributed by atoms with van der Waals surface area (Å²) in [6.45, 7) is 0.288.